The second kappa shape index (κ2) is 5.52. The maximum Gasteiger partial charge on any atom is 0.163 e. The largest absolute Gasteiger partial charge is 0.495 e. The van der Waals surface area contributed by atoms with E-state index >= 15 is 0 Å². The zero-order chi connectivity index (χ0) is 12.3. The molecule has 1 saturated heterocycles. The number of methoxy groups -OCH3 is 1. The fourth-order valence-electron chi connectivity index (χ4n) is 2.11. The lowest BCUT2D eigenvalue weighted by molar-refractivity contribution is 0.0964. The summed E-state index contributed by atoms with van der Waals surface area (Å²) in [5.74, 6) is 1.22. The molecule has 4 heteroatoms. The number of Topliss-reactive ketones (excluding diaryl/α,β-unsaturated/α-hetero) is 1. The molecule has 3 nitrogen and oxygen atoms in total. The Hall–Kier alpha value is -1.06. The molecule has 0 amide bonds. The maximum absolute atomic E-state index is 12.0. The topological polar surface area (TPSA) is 38.3 Å². The molecule has 0 bridgehead atoms. The Balaban J connectivity index is 2.05. The van der Waals surface area contributed by atoms with Crippen molar-refractivity contribution in [1.82, 2.24) is 5.32 Å². The van der Waals surface area contributed by atoms with Gasteiger partial charge in [0, 0.05) is 12.0 Å². The summed E-state index contributed by atoms with van der Waals surface area (Å²) in [4.78, 5) is 12.0. The smallest absolute Gasteiger partial charge is 0.163 e. The minimum Gasteiger partial charge on any atom is -0.495 e. The molecule has 0 spiro atoms. The summed E-state index contributed by atoms with van der Waals surface area (Å²) in [5, 5.41) is 3.75. The molecule has 1 aromatic rings. The maximum atomic E-state index is 12.0. The van der Waals surface area contributed by atoms with Crippen LogP contribution in [0.15, 0.2) is 18.2 Å². The van der Waals surface area contributed by atoms with Crippen molar-refractivity contribution in [3.63, 3.8) is 0 Å². The molecule has 1 fully saturated rings. The van der Waals surface area contributed by atoms with Crippen LogP contribution < -0.4 is 10.1 Å². The van der Waals surface area contributed by atoms with Gasteiger partial charge in [0.25, 0.3) is 0 Å². The number of carbonyl (C=O) groups excluding carboxylic acids is 1. The molecule has 92 valence electrons. The Morgan fingerprint density at radius 2 is 2.41 bits per heavy atom. The predicted octanol–water partition coefficient (Wildman–Crippen LogP) is 2.53. The second-order valence-corrected chi connectivity index (χ2v) is 4.74. The van der Waals surface area contributed by atoms with Crippen LogP contribution in [0.2, 0.25) is 5.02 Å². The highest BCUT2D eigenvalue weighted by molar-refractivity contribution is 6.32. The highest BCUT2D eigenvalue weighted by atomic mass is 35.5. The van der Waals surface area contributed by atoms with Crippen LogP contribution >= 0.6 is 11.6 Å². The average Bonchev–Trinajstić information content (AvgIpc) is 2.81. The van der Waals surface area contributed by atoms with E-state index in [-0.39, 0.29) is 5.78 Å². The van der Waals surface area contributed by atoms with Gasteiger partial charge in [0.1, 0.15) is 5.75 Å². The van der Waals surface area contributed by atoms with E-state index in [0.29, 0.717) is 28.7 Å². The normalized spacial score (nSPS) is 19.3. The number of ether oxygens (including phenoxy) is 1. The van der Waals surface area contributed by atoms with Gasteiger partial charge >= 0.3 is 0 Å². The van der Waals surface area contributed by atoms with Crippen molar-refractivity contribution < 1.29 is 9.53 Å². The Bertz CT molecular complexity index is 414. The van der Waals surface area contributed by atoms with Gasteiger partial charge in [-0.15, -0.1) is 0 Å². The number of hydrogen-bond donors (Lipinski definition) is 1. The van der Waals surface area contributed by atoms with E-state index in [1.54, 1.807) is 25.3 Å². The molecule has 1 aliphatic rings. The number of benzene rings is 1. The first-order valence-corrected chi connectivity index (χ1v) is 6.16. The summed E-state index contributed by atoms with van der Waals surface area (Å²) >= 11 is 6.00. The summed E-state index contributed by atoms with van der Waals surface area (Å²) in [6, 6.07) is 5.20. The van der Waals surface area contributed by atoms with Gasteiger partial charge in [-0.25, -0.2) is 0 Å². The zero-order valence-corrected chi connectivity index (χ0v) is 10.6. The molecule has 17 heavy (non-hydrogen) atoms. The molecule has 1 aliphatic heterocycles. The van der Waals surface area contributed by atoms with Crippen LogP contribution in [-0.4, -0.2) is 26.0 Å². The minimum absolute atomic E-state index is 0.156. The van der Waals surface area contributed by atoms with Crippen LogP contribution in [0.3, 0.4) is 0 Å². The molecule has 0 aliphatic carbocycles. The van der Waals surface area contributed by atoms with Crippen molar-refractivity contribution >= 4 is 17.4 Å². The van der Waals surface area contributed by atoms with E-state index in [1.807, 2.05) is 0 Å². The van der Waals surface area contributed by atoms with Gasteiger partial charge in [-0.2, -0.15) is 0 Å². The lowest BCUT2D eigenvalue weighted by Crippen LogP contribution is -2.12. The lowest BCUT2D eigenvalue weighted by atomic mass is 9.97. The molecule has 0 saturated carbocycles. The van der Waals surface area contributed by atoms with E-state index < -0.39 is 0 Å². The first kappa shape index (κ1) is 12.4. The van der Waals surface area contributed by atoms with Crippen LogP contribution in [0.4, 0.5) is 0 Å². The van der Waals surface area contributed by atoms with Crippen LogP contribution in [-0.2, 0) is 0 Å². The molecule has 1 aromatic carbocycles. The van der Waals surface area contributed by atoms with Crippen molar-refractivity contribution in [1.29, 1.82) is 0 Å². The molecule has 0 aromatic heterocycles. The summed E-state index contributed by atoms with van der Waals surface area (Å²) < 4.78 is 5.06. The van der Waals surface area contributed by atoms with Crippen molar-refractivity contribution in [2.24, 2.45) is 5.92 Å². The molecule has 1 unspecified atom stereocenters. The van der Waals surface area contributed by atoms with E-state index in [4.69, 9.17) is 16.3 Å². The van der Waals surface area contributed by atoms with Crippen molar-refractivity contribution in [2.75, 3.05) is 20.2 Å². The number of nitrogens with one attached hydrogen (secondary N) is 1. The van der Waals surface area contributed by atoms with Crippen LogP contribution in [0.5, 0.6) is 5.75 Å². The molecule has 1 atom stereocenters. The van der Waals surface area contributed by atoms with E-state index in [2.05, 4.69) is 5.32 Å². The molecular weight excluding hydrogens is 238 g/mol. The number of rotatable bonds is 4. The molecule has 0 radical (unpaired) electrons. The van der Waals surface area contributed by atoms with Crippen molar-refractivity contribution in [3.8, 4) is 5.75 Å². The van der Waals surface area contributed by atoms with E-state index in [9.17, 15) is 4.79 Å². The second-order valence-electron chi connectivity index (χ2n) is 4.34. The van der Waals surface area contributed by atoms with Crippen LogP contribution in [0.25, 0.3) is 0 Å². The Labute approximate surface area is 106 Å². The Morgan fingerprint density at radius 3 is 3.00 bits per heavy atom. The van der Waals surface area contributed by atoms with Crippen molar-refractivity contribution in [2.45, 2.75) is 12.8 Å². The number of halogens is 1. The third-order valence-electron chi connectivity index (χ3n) is 3.11. The minimum atomic E-state index is 0.156. The molecular formula is C13H16ClNO2. The average molecular weight is 254 g/mol. The van der Waals surface area contributed by atoms with Crippen LogP contribution in [0.1, 0.15) is 23.2 Å². The number of hydrogen-bond acceptors (Lipinski definition) is 3. The van der Waals surface area contributed by atoms with Gasteiger partial charge < -0.3 is 10.1 Å². The Morgan fingerprint density at radius 1 is 1.59 bits per heavy atom. The quantitative estimate of drug-likeness (QED) is 0.838. The lowest BCUT2D eigenvalue weighted by Gasteiger charge is -2.08. The summed E-state index contributed by atoms with van der Waals surface area (Å²) in [6.45, 7) is 1.96. The van der Waals surface area contributed by atoms with Gasteiger partial charge in [0.05, 0.1) is 12.1 Å². The van der Waals surface area contributed by atoms with E-state index in [1.165, 1.54) is 0 Å². The van der Waals surface area contributed by atoms with Crippen molar-refractivity contribution in [3.05, 3.63) is 28.8 Å². The monoisotopic (exact) mass is 253 g/mol. The molecule has 2 rings (SSSR count). The van der Waals surface area contributed by atoms with Crippen LogP contribution in [0, 0.1) is 5.92 Å². The summed E-state index contributed by atoms with van der Waals surface area (Å²) in [7, 11) is 1.56. The van der Waals surface area contributed by atoms with Gasteiger partial charge in [0.2, 0.25) is 0 Å². The Kier molecular flexibility index (Phi) is 4.02. The first-order chi connectivity index (χ1) is 8.20. The molecule has 1 N–H and O–H groups in total. The first-order valence-electron chi connectivity index (χ1n) is 5.78. The predicted molar refractivity (Wildman–Crippen MR) is 67.9 cm³/mol. The summed E-state index contributed by atoms with van der Waals surface area (Å²) in [5.41, 5.74) is 0.669. The van der Waals surface area contributed by atoms with Gasteiger partial charge in [-0.1, -0.05) is 11.6 Å². The standard InChI is InChI=1S/C13H16ClNO2/c1-17-13-3-2-10(7-11(13)14)12(16)6-9-4-5-15-8-9/h2-3,7,9,15H,4-6,8H2,1H3. The zero-order valence-electron chi connectivity index (χ0n) is 9.83. The molecule has 1 heterocycles. The van der Waals surface area contributed by atoms with Gasteiger partial charge in [-0.05, 0) is 43.6 Å². The highest BCUT2D eigenvalue weighted by Gasteiger charge is 2.19. The number of ketones is 1. The third kappa shape index (κ3) is 2.99. The fourth-order valence-corrected chi connectivity index (χ4v) is 2.37. The summed E-state index contributed by atoms with van der Waals surface area (Å²) in [6.07, 6.45) is 1.67. The highest BCUT2D eigenvalue weighted by Crippen LogP contribution is 2.26. The van der Waals surface area contributed by atoms with E-state index in [0.717, 1.165) is 19.5 Å². The van der Waals surface area contributed by atoms with Gasteiger partial charge in [0.15, 0.2) is 5.78 Å². The van der Waals surface area contributed by atoms with Gasteiger partial charge in [-0.3, -0.25) is 4.79 Å². The number of carbonyl (C=O) groups is 1. The SMILES string of the molecule is COc1ccc(C(=O)CC2CCNC2)cc1Cl. The third-order valence-corrected chi connectivity index (χ3v) is 3.41. The fraction of sp³-hybridized carbons (Fsp3) is 0.462.